The quantitative estimate of drug-likeness (QED) is 0.797. The molecule has 1 aromatic heterocycles. The topological polar surface area (TPSA) is 31.9 Å². The predicted molar refractivity (Wildman–Crippen MR) is 65.6 cm³/mol. The Kier molecular flexibility index (Phi) is 2.29. The van der Waals surface area contributed by atoms with Gasteiger partial charge in [0.1, 0.15) is 0 Å². The number of aromatic nitrogens is 2. The smallest absolute Gasteiger partial charge is 0.0670 e. The van der Waals surface area contributed by atoms with Gasteiger partial charge in [-0.25, -0.2) is 0 Å². The SMILES string of the molecule is c1cc2cn[nH]c2cc1N1CCSCC1. The molecule has 1 saturated heterocycles. The maximum Gasteiger partial charge on any atom is 0.0670 e. The third-order valence-corrected chi connectivity index (χ3v) is 3.74. The fourth-order valence-corrected chi connectivity index (χ4v) is 2.85. The van der Waals surface area contributed by atoms with Gasteiger partial charge in [0.2, 0.25) is 0 Å². The van der Waals surface area contributed by atoms with Gasteiger partial charge in [-0.15, -0.1) is 0 Å². The molecule has 2 aromatic rings. The van der Waals surface area contributed by atoms with Crippen molar-refractivity contribution in [2.75, 3.05) is 29.5 Å². The molecule has 0 saturated carbocycles. The van der Waals surface area contributed by atoms with Gasteiger partial charge in [0.25, 0.3) is 0 Å². The first kappa shape index (κ1) is 9.09. The van der Waals surface area contributed by atoms with E-state index in [1.807, 2.05) is 18.0 Å². The summed E-state index contributed by atoms with van der Waals surface area (Å²) in [5.74, 6) is 2.47. The number of hydrogen-bond donors (Lipinski definition) is 1. The van der Waals surface area contributed by atoms with E-state index in [-0.39, 0.29) is 0 Å². The van der Waals surface area contributed by atoms with Crippen molar-refractivity contribution in [1.29, 1.82) is 0 Å². The summed E-state index contributed by atoms with van der Waals surface area (Å²) >= 11 is 2.04. The number of benzene rings is 1. The molecule has 78 valence electrons. The van der Waals surface area contributed by atoms with Crippen LogP contribution in [0.1, 0.15) is 0 Å². The first-order chi connectivity index (χ1) is 7.43. The highest BCUT2D eigenvalue weighted by molar-refractivity contribution is 7.99. The number of anilines is 1. The molecule has 0 radical (unpaired) electrons. The summed E-state index contributed by atoms with van der Waals surface area (Å²) in [5.41, 5.74) is 2.44. The second kappa shape index (κ2) is 3.77. The average Bonchev–Trinajstić information content (AvgIpc) is 2.77. The summed E-state index contributed by atoms with van der Waals surface area (Å²) in [5, 5.41) is 8.24. The van der Waals surface area contributed by atoms with Gasteiger partial charge in [-0.3, -0.25) is 5.10 Å². The number of hydrogen-bond acceptors (Lipinski definition) is 3. The minimum atomic E-state index is 1.13. The van der Waals surface area contributed by atoms with Crippen LogP contribution in [0.2, 0.25) is 0 Å². The predicted octanol–water partition coefficient (Wildman–Crippen LogP) is 2.12. The molecule has 1 aromatic carbocycles. The molecule has 1 fully saturated rings. The summed E-state index contributed by atoms with van der Waals surface area (Å²) in [7, 11) is 0. The molecule has 1 aliphatic heterocycles. The second-order valence-corrected chi connectivity index (χ2v) is 4.97. The maximum atomic E-state index is 4.04. The zero-order valence-corrected chi connectivity index (χ0v) is 9.26. The Morgan fingerprint density at radius 1 is 1.27 bits per heavy atom. The monoisotopic (exact) mass is 219 g/mol. The number of nitrogens with one attached hydrogen (secondary N) is 1. The molecule has 0 aliphatic carbocycles. The Hall–Kier alpha value is -1.16. The molecular weight excluding hydrogens is 206 g/mol. The van der Waals surface area contributed by atoms with Gasteiger partial charge in [0.05, 0.1) is 11.7 Å². The van der Waals surface area contributed by atoms with Crippen LogP contribution in [0.3, 0.4) is 0 Å². The van der Waals surface area contributed by atoms with Crippen LogP contribution in [0.5, 0.6) is 0 Å². The van der Waals surface area contributed by atoms with E-state index >= 15 is 0 Å². The Morgan fingerprint density at radius 2 is 2.13 bits per heavy atom. The van der Waals surface area contributed by atoms with Crippen LogP contribution in [-0.2, 0) is 0 Å². The molecule has 1 aliphatic rings. The first-order valence-electron chi connectivity index (χ1n) is 5.19. The van der Waals surface area contributed by atoms with E-state index in [9.17, 15) is 0 Å². The van der Waals surface area contributed by atoms with Gasteiger partial charge < -0.3 is 4.90 Å². The molecule has 3 rings (SSSR count). The second-order valence-electron chi connectivity index (χ2n) is 3.74. The van der Waals surface area contributed by atoms with E-state index < -0.39 is 0 Å². The number of H-pyrrole nitrogens is 1. The zero-order chi connectivity index (χ0) is 10.1. The molecule has 0 spiro atoms. The van der Waals surface area contributed by atoms with E-state index in [1.165, 1.54) is 22.6 Å². The number of aromatic amines is 1. The Bertz CT molecular complexity index is 460. The van der Waals surface area contributed by atoms with Gasteiger partial charge in [-0.1, -0.05) is 0 Å². The van der Waals surface area contributed by atoms with Crippen molar-refractivity contribution in [2.24, 2.45) is 0 Å². The standard InChI is InChI=1S/C11H13N3S/c1-2-10(14-3-5-15-6-4-14)7-11-9(1)8-12-13-11/h1-2,7-8H,3-6H2,(H,12,13). The van der Waals surface area contributed by atoms with Gasteiger partial charge >= 0.3 is 0 Å². The van der Waals surface area contributed by atoms with Crippen LogP contribution in [0, 0.1) is 0 Å². The summed E-state index contributed by atoms with van der Waals surface area (Å²) in [6.45, 7) is 2.31. The molecule has 15 heavy (non-hydrogen) atoms. The minimum absolute atomic E-state index is 1.13. The first-order valence-corrected chi connectivity index (χ1v) is 6.35. The van der Waals surface area contributed by atoms with Gasteiger partial charge in [-0.2, -0.15) is 16.9 Å². The lowest BCUT2D eigenvalue weighted by Gasteiger charge is -2.28. The van der Waals surface area contributed by atoms with Crippen LogP contribution in [0.15, 0.2) is 24.4 Å². The molecule has 0 bridgehead atoms. The van der Waals surface area contributed by atoms with Crippen molar-refractivity contribution >= 4 is 28.4 Å². The normalized spacial score (nSPS) is 17.2. The average molecular weight is 219 g/mol. The van der Waals surface area contributed by atoms with Crippen molar-refractivity contribution in [1.82, 2.24) is 10.2 Å². The largest absolute Gasteiger partial charge is 0.370 e. The molecule has 3 nitrogen and oxygen atoms in total. The van der Waals surface area contributed by atoms with E-state index in [0.29, 0.717) is 0 Å². The van der Waals surface area contributed by atoms with E-state index in [4.69, 9.17) is 0 Å². The highest BCUT2D eigenvalue weighted by atomic mass is 32.2. The Balaban J connectivity index is 1.95. The minimum Gasteiger partial charge on any atom is -0.370 e. The number of thioether (sulfide) groups is 1. The van der Waals surface area contributed by atoms with Crippen molar-refractivity contribution in [3.05, 3.63) is 24.4 Å². The molecule has 1 N–H and O–H groups in total. The zero-order valence-electron chi connectivity index (χ0n) is 8.44. The van der Waals surface area contributed by atoms with Gasteiger partial charge in [-0.05, 0) is 18.2 Å². The highest BCUT2D eigenvalue weighted by Gasteiger charge is 2.11. The summed E-state index contributed by atoms with van der Waals surface area (Å²) in [6, 6.07) is 6.52. The summed E-state index contributed by atoms with van der Waals surface area (Å²) in [6.07, 6.45) is 1.87. The van der Waals surface area contributed by atoms with Crippen LogP contribution in [0.25, 0.3) is 10.9 Å². The van der Waals surface area contributed by atoms with Crippen molar-refractivity contribution in [3.63, 3.8) is 0 Å². The number of nitrogens with zero attached hydrogens (tertiary/aromatic N) is 2. The lowest BCUT2D eigenvalue weighted by molar-refractivity contribution is 0.859. The molecule has 4 heteroatoms. The van der Waals surface area contributed by atoms with Crippen LogP contribution >= 0.6 is 11.8 Å². The van der Waals surface area contributed by atoms with Crippen LogP contribution in [-0.4, -0.2) is 34.8 Å². The molecule has 0 amide bonds. The van der Waals surface area contributed by atoms with Crippen LogP contribution in [0.4, 0.5) is 5.69 Å². The van der Waals surface area contributed by atoms with E-state index in [2.05, 4.69) is 33.3 Å². The summed E-state index contributed by atoms with van der Waals surface area (Å²) in [4.78, 5) is 2.44. The fourth-order valence-electron chi connectivity index (χ4n) is 1.94. The maximum absolute atomic E-state index is 4.04. The van der Waals surface area contributed by atoms with E-state index in [1.54, 1.807) is 0 Å². The number of fused-ring (bicyclic) bond motifs is 1. The lowest BCUT2D eigenvalue weighted by atomic mass is 10.2. The van der Waals surface area contributed by atoms with Gasteiger partial charge in [0, 0.05) is 35.7 Å². The van der Waals surface area contributed by atoms with Crippen LogP contribution < -0.4 is 4.90 Å². The molecule has 2 heterocycles. The highest BCUT2D eigenvalue weighted by Crippen LogP contribution is 2.22. The van der Waals surface area contributed by atoms with E-state index in [0.717, 1.165) is 18.6 Å². The van der Waals surface area contributed by atoms with Crippen molar-refractivity contribution < 1.29 is 0 Å². The summed E-state index contributed by atoms with van der Waals surface area (Å²) < 4.78 is 0. The Labute approximate surface area is 92.8 Å². The fraction of sp³-hybridized carbons (Fsp3) is 0.364. The molecule has 0 atom stereocenters. The lowest BCUT2D eigenvalue weighted by Crippen LogP contribution is -2.32. The van der Waals surface area contributed by atoms with Crippen molar-refractivity contribution in [3.8, 4) is 0 Å². The third kappa shape index (κ3) is 1.69. The Morgan fingerprint density at radius 3 is 3.00 bits per heavy atom. The van der Waals surface area contributed by atoms with Gasteiger partial charge in [0.15, 0.2) is 0 Å². The number of rotatable bonds is 1. The van der Waals surface area contributed by atoms with Crippen molar-refractivity contribution in [2.45, 2.75) is 0 Å². The third-order valence-electron chi connectivity index (χ3n) is 2.80. The molecular formula is C11H13N3S. The molecule has 0 unspecified atom stereocenters.